The average molecular weight is 298 g/mol. The van der Waals surface area contributed by atoms with Crippen LogP contribution in [0.1, 0.15) is 30.9 Å². The molecule has 22 heavy (non-hydrogen) atoms. The van der Waals surface area contributed by atoms with Crippen LogP contribution in [0.5, 0.6) is 0 Å². The molecule has 1 fully saturated rings. The highest BCUT2D eigenvalue weighted by molar-refractivity contribution is 6.04. The molecule has 3 aromatic rings. The Bertz CT molecular complexity index is 835. The van der Waals surface area contributed by atoms with Gasteiger partial charge < -0.3 is 16.0 Å². The maximum Gasteiger partial charge on any atom is 0.233 e. The van der Waals surface area contributed by atoms with Crippen LogP contribution in [0, 0.1) is 0 Å². The van der Waals surface area contributed by atoms with Crippen LogP contribution < -0.4 is 11.1 Å². The van der Waals surface area contributed by atoms with Crippen LogP contribution >= 0.6 is 0 Å². The number of H-pyrrole nitrogens is 2. The summed E-state index contributed by atoms with van der Waals surface area (Å²) in [6.07, 6.45) is 6.59. The van der Waals surface area contributed by atoms with Gasteiger partial charge in [-0.05, 0) is 25.3 Å². The van der Waals surface area contributed by atoms with Gasteiger partial charge in [-0.3, -0.25) is 9.89 Å². The number of amides is 1. The van der Waals surface area contributed by atoms with Gasteiger partial charge in [-0.15, -0.1) is 0 Å². The third-order valence-electron chi connectivity index (χ3n) is 4.51. The zero-order valence-electron chi connectivity index (χ0n) is 12.1. The predicted octanol–water partition coefficient (Wildman–Crippen LogP) is 1.15. The van der Waals surface area contributed by atoms with Crippen molar-refractivity contribution in [2.75, 3.05) is 6.54 Å². The van der Waals surface area contributed by atoms with Gasteiger partial charge in [-0.25, -0.2) is 4.98 Å². The average Bonchev–Trinajstić information content (AvgIpc) is 3.24. The molecule has 1 amide bonds. The minimum Gasteiger partial charge on any atom is -0.352 e. The van der Waals surface area contributed by atoms with Crippen LogP contribution in [-0.4, -0.2) is 38.7 Å². The summed E-state index contributed by atoms with van der Waals surface area (Å²) in [5.41, 5.74) is 8.27. The fraction of sp³-hybridized carbons (Fsp3) is 0.400. The predicted molar refractivity (Wildman–Crippen MR) is 83.3 cm³/mol. The number of carbonyl (C=O) groups excluding carboxylic acids is 1. The lowest BCUT2D eigenvalue weighted by molar-refractivity contribution is -0.120. The number of fused-ring (bicyclic) bond motifs is 3. The first-order valence-electron chi connectivity index (χ1n) is 7.55. The van der Waals surface area contributed by atoms with Crippen molar-refractivity contribution in [2.45, 2.75) is 31.2 Å². The Morgan fingerprint density at radius 3 is 3.23 bits per heavy atom. The van der Waals surface area contributed by atoms with Crippen LogP contribution in [0.25, 0.3) is 21.9 Å². The van der Waals surface area contributed by atoms with Crippen LogP contribution in [0.3, 0.4) is 0 Å². The topological polar surface area (TPSA) is 112 Å². The molecule has 1 aliphatic rings. The zero-order valence-corrected chi connectivity index (χ0v) is 12.1. The van der Waals surface area contributed by atoms with Gasteiger partial charge in [-0.2, -0.15) is 5.10 Å². The highest BCUT2D eigenvalue weighted by Crippen LogP contribution is 2.38. The minimum absolute atomic E-state index is 0.0438. The Morgan fingerprint density at radius 1 is 1.45 bits per heavy atom. The first-order valence-corrected chi connectivity index (χ1v) is 7.55. The van der Waals surface area contributed by atoms with Crippen LogP contribution in [0.4, 0.5) is 0 Å². The van der Waals surface area contributed by atoms with E-state index in [1.165, 1.54) is 0 Å². The summed E-state index contributed by atoms with van der Waals surface area (Å²) < 4.78 is 0. The Kier molecular flexibility index (Phi) is 3.07. The fourth-order valence-electron chi connectivity index (χ4n) is 3.49. The van der Waals surface area contributed by atoms with E-state index in [-0.39, 0.29) is 18.5 Å². The van der Waals surface area contributed by atoms with E-state index in [1.807, 2.05) is 18.5 Å². The van der Waals surface area contributed by atoms with Gasteiger partial charge in [0.25, 0.3) is 0 Å². The van der Waals surface area contributed by atoms with Crippen molar-refractivity contribution < 1.29 is 4.79 Å². The van der Waals surface area contributed by atoms with Crippen molar-refractivity contribution in [1.82, 2.24) is 25.5 Å². The molecule has 5 N–H and O–H groups in total. The minimum atomic E-state index is -0.0882. The lowest BCUT2D eigenvalue weighted by atomic mass is 9.99. The van der Waals surface area contributed by atoms with E-state index in [2.05, 4.69) is 25.5 Å². The summed E-state index contributed by atoms with van der Waals surface area (Å²) in [6.45, 7) is 0.0438. The molecule has 1 saturated carbocycles. The fourth-order valence-corrected chi connectivity index (χ4v) is 3.49. The third-order valence-corrected chi connectivity index (χ3v) is 4.51. The molecular formula is C15H18N6O. The summed E-state index contributed by atoms with van der Waals surface area (Å²) in [4.78, 5) is 19.0. The smallest absolute Gasteiger partial charge is 0.233 e. The molecule has 0 saturated heterocycles. The molecule has 7 nitrogen and oxygen atoms in total. The van der Waals surface area contributed by atoms with Gasteiger partial charge in [0.2, 0.25) is 5.91 Å². The summed E-state index contributed by atoms with van der Waals surface area (Å²) in [6, 6.07) is 2.23. The molecule has 2 atom stereocenters. The van der Waals surface area contributed by atoms with E-state index < -0.39 is 0 Å². The lowest BCUT2D eigenvalue weighted by Crippen LogP contribution is -2.37. The summed E-state index contributed by atoms with van der Waals surface area (Å²) in [7, 11) is 0. The van der Waals surface area contributed by atoms with Gasteiger partial charge in [0.1, 0.15) is 5.65 Å². The van der Waals surface area contributed by atoms with Crippen molar-refractivity contribution >= 4 is 27.8 Å². The van der Waals surface area contributed by atoms with E-state index in [4.69, 9.17) is 5.73 Å². The molecule has 0 spiro atoms. The largest absolute Gasteiger partial charge is 0.352 e. The van der Waals surface area contributed by atoms with Crippen molar-refractivity contribution in [3.05, 3.63) is 24.2 Å². The molecule has 3 heterocycles. The molecule has 7 heteroatoms. The molecule has 114 valence electrons. The van der Waals surface area contributed by atoms with Crippen molar-refractivity contribution in [3.63, 3.8) is 0 Å². The molecule has 0 aromatic carbocycles. The summed E-state index contributed by atoms with van der Waals surface area (Å²) >= 11 is 0. The maximum atomic E-state index is 11.4. The number of carbonyl (C=O) groups is 1. The standard InChI is InChI=1S/C15H18N6O/c16-6-12(22)19-9-2-1-8(5-9)14-13-10-3-4-17-15(10)18-7-11(13)20-21-14/h3-4,7-9H,1-2,5-6,16H2,(H,17,18)(H,19,22)(H,20,21)/t8-,9+/m0/s1. The number of hydrogen-bond donors (Lipinski definition) is 4. The van der Waals surface area contributed by atoms with Crippen molar-refractivity contribution in [2.24, 2.45) is 5.73 Å². The number of pyridine rings is 1. The molecule has 0 aliphatic heterocycles. The van der Waals surface area contributed by atoms with E-state index >= 15 is 0 Å². The second-order valence-corrected chi connectivity index (χ2v) is 5.87. The lowest BCUT2D eigenvalue weighted by Gasteiger charge is -2.12. The van der Waals surface area contributed by atoms with E-state index in [0.29, 0.717) is 5.92 Å². The highest BCUT2D eigenvalue weighted by Gasteiger charge is 2.30. The molecule has 3 aromatic heterocycles. The number of aromatic nitrogens is 4. The van der Waals surface area contributed by atoms with Gasteiger partial charge in [0.05, 0.1) is 24.0 Å². The van der Waals surface area contributed by atoms with Crippen LogP contribution in [0.2, 0.25) is 0 Å². The number of nitrogens with zero attached hydrogens (tertiary/aromatic N) is 2. The first-order chi connectivity index (χ1) is 10.8. The van der Waals surface area contributed by atoms with Gasteiger partial charge in [0, 0.05) is 28.9 Å². The second kappa shape index (κ2) is 5.10. The van der Waals surface area contributed by atoms with Crippen LogP contribution in [0.15, 0.2) is 18.5 Å². The number of nitrogens with one attached hydrogen (secondary N) is 3. The van der Waals surface area contributed by atoms with Gasteiger partial charge in [0.15, 0.2) is 0 Å². The van der Waals surface area contributed by atoms with Crippen molar-refractivity contribution in [3.8, 4) is 0 Å². The van der Waals surface area contributed by atoms with Crippen LogP contribution in [-0.2, 0) is 4.79 Å². The quantitative estimate of drug-likeness (QED) is 0.581. The van der Waals surface area contributed by atoms with E-state index in [0.717, 1.165) is 46.9 Å². The van der Waals surface area contributed by atoms with Gasteiger partial charge >= 0.3 is 0 Å². The number of nitrogens with two attached hydrogens (primary N) is 1. The Balaban J connectivity index is 1.67. The second-order valence-electron chi connectivity index (χ2n) is 5.87. The zero-order chi connectivity index (χ0) is 15.1. The molecule has 0 radical (unpaired) electrons. The SMILES string of the molecule is NCC(=O)N[C@@H]1CC[C@H](c2n[nH]c3cnc4[nH]ccc4c23)C1. The maximum absolute atomic E-state index is 11.4. The molecule has 4 rings (SSSR count). The molecular weight excluding hydrogens is 280 g/mol. The van der Waals surface area contributed by atoms with E-state index in [1.54, 1.807) is 0 Å². The molecule has 0 unspecified atom stereocenters. The Hall–Kier alpha value is -2.41. The number of aromatic amines is 2. The monoisotopic (exact) mass is 298 g/mol. The molecule has 1 aliphatic carbocycles. The Morgan fingerprint density at radius 2 is 2.36 bits per heavy atom. The van der Waals surface area contributed by atoms with E-state index in [9.17, 15) is 4.79 Å². The first kappa shape index (κ1) is 13.3. The van der Waals surface area contributed by atoms with Crippen molar-refractivity contribution in [1.29, 1.82) is 0 Å². The normalized spacial score (nSPS) is 21.7. The summed E-state index contributed by atoms with van der Waals surface area (Å²) in [5.74, 6) is 0.257. The number of hydrogen-bond acceptors (Lipinski definition) is 4. The highest BCUT2D eigenvalue weighted by atomic mass is 16.1. The molecule has 0 bridgehead atoms. The summed E-state index contributed by atoms with van der Waals surface area (Å²) in [5, 5.41) is 12.8. The number of rotatable bonds is 3. The third kappa shape index (κ3) is 2.05. The Labute approximate surface area is 126 Å². The van der Waals surface area contributed by atoms with Gasteiger partial charge in [-0.1, -0.05) is 0 Å².